The van der Waals surface area contributed by atoms with E-state index < -0.39 is 0 Å². The smallest absolute Gasteiger partial charge is 0.0554 e. The fourth-order valence-corrected chi connectivity index (χ4v) is 2.91. The second-order valence-electron chi connectivity index (χ2n) is 4.95. The van der Waals surface area contributed by atoms with Crippen LogP contribution in [0.25, 0.3) is 0 Å². The third kappa shape index (κ3) is 1.82. The van der Waals surface area contributed by atoms with E-state index >= 15 is 0 Å². The van der Waals surface area contributed by atoms with E-state index in [1.54, 1.807) is 6.20 Å². The SMILES string of the molecule is Cn1nccc1C(N)C1CCCc2cccnc21. The van der Waals surface area contributed by atoms with Gasteiger partial charge < -0.3 is 5.73 Å². The van der Waals surface area contributed by atoms with Crippen LogP contribution in [0.4, 0.5) is 0 Å². The maximum Gasteiger partial charge on any atom is 0.0554 e. The van der Waals surface area contributed by atoms with Crippen LogP contribution in [0.15, 0.2) is 30.6 Å². The molecule has 0 saturated heterocycles. The number of aromatic nitrogens is 3. The molecule has 4 nitrogen and oxygen atoms in total. The van der Waals surface area contributed by atoms with Gasteiger partial charge in [0.1, 0.15) is 0 Å². The highest BCUT2D eigenvalue weighted by Gasteiger charge is 2.28. The molecule has 18 heavy (non-hydrogen) atoms. The number of hydrogen-bond acceptors (Lipinski definition) is 3. The van der Waals surface area contributed by atoms with Gasteiger partial charge in [0.05, 0.1) is 11.7 Å². The largest absolute Gasteiger partial charge is 0.322 e. The average Bonchev–Trinajstić information content (AvgIpc) is 2.83. The van der Waals surface area contributed by atoms with E-state index in [0.717, 1.165) is 18.5 Å². The van der Waals surface area contributed by atoms with Gasteiger partial charge in [0.15, 0.2) is 0 Å². The maximum atomic E-state index is 6.43. The highest BCUT2D eigenvalue weighted by atomic mass is 15.3. The number of fused-ring (bicyclic) bond motifs is 1. The normalized spacial score (nSPS) is 20.4. The summed E-state index contributed by atoms with van der Waals surface area (Å²) < 4.78 is 1.86. The first-order valence-corrected chi connectivity index (χ1v) is 6.44. The monoisotopic (exact) mass is 242 g/mol. The lowest BCUT2D eigenvalue weighted by atomic mass is 9.81. The first-order chi connectivity index (χ1) is 8.77. The van der Waals surface area contributed by atoms with E-state index in [1.165, 1.54) is 17.7 Å². The van der Waals surface area contributed by atoms with Crippen molar-refractivity contribution in [3.8, 4) is 0 Å². The van der Waals surface area contributed by atoms with Crippen LogP contribution in [-0.4, -0.2) is 14.8 Å². The average molecular weight is 242 g/mol. The molecule has 1 aliphatic rings. The second-order valence-corrected chi connectivity index (χ2v) is 4.95. The zero-order valence-electron chi connectivity index (χ0n) is 10.6. The van der Waals surface area contributed by atoms with Crippen molar-refractivity contribution in [2.45, 2.75) is 31.2 Å². The lowest BCUT2D eigenvalue weighted by Gasteiger charge is -2.29. The lowest BCUT2D eigenvalue weighted by Crippen LogP contribution is -2.26. The first-order valence-electron chi connectivity index (χ1n) is 6.44. The summed E-state index contributed by atoms with van der Waals surface area (Å²) in [6.07, 6.45) is 7.09. The van der Waals surface area contributed by atoms with Gasteiger partial charge in [-0.1, -0.05) is 6.07 Å². The molecule has 2 unspecified atom stereocenters. The molecule has 1 aliphatic carbocycles. The minimum absolute atomic E-state index is 0.0218. The van der Waals surface area contributed by atoms with Crippen molar-refractivity contribution in [2.24, 2.45) is 12.8 Å². The van der Waals surface area contributed by atoms with E-state index in [2.05, 4.69) is 16.1 Å². The Hall–Kier alpha value is -1.68. The molecule has 0 aliphatic heterocycles. The van der Waals surface area contributed by atoms with Gasteiger partial charge in [-0.15, -0.1) is 0 Å². The van der Waals surface area contributed by atoms with Crippen molar-refractivity contribution in [1.29, 1.82) is 0 Å². The molecule has 2 N–H and O–H groups in total. The molecule has 2 heterocycles. The summed E-state index contributed by atoms with van der Waals surface area (Å²) >= 11 is 0. The van der Waals surface area contributed by atoms with Gasteiger partial charge in [0.25, 0.3) is 0 Å². The number of nitrogens with two attached hydrogens (primary N) is 1. The predicted octanol–water partition coefficient (Wildman–Crippen LogP) is 1.94. The summed E-state index contributed by atoms with van der Waals surface area (Å²) in [5.74, 6) is 0.311. The van der Waals surface area contributed by atoms with Gasteiger partial charge in [-0.25, -0.2) is 0 Å². The number of aryl methyl sites for hydroxylation is 2. The van der Waals surface area contributed by atoms with Crippen molar-refractivity contribution >= 4 is 0 Å². The van der Waals surface area contributed by atoms with Crippen molar-refractivity contribution < 1.29 is 0 Å². The Bertz CT molecular complexity index is 546. The van der Waals surface area contributed by atoms with Crippen LogP contribution in [0.3, 0.4) is 0 Å². The molecule has 4 heteroatoms. The quantitative estimate of drug-likeness (QED) is 0.875. The minimum Gasteiger partial charge on any atom is -0.322 e. The summed E-state index contributed by atoms with van der Waals surface area (Å²) in [5.41, 5.74) is 10.0. The van der Waals surface area contributed by atoms with E-state index in [1.807, 2.05) is 30.1 Å². The van der Waals surface area contributed by atoms with Crippen LogP contribution in [0.5, 0.6) is 0 Å². The van der Waals surface area contributed by atoms with Crippen LogP contribution < -0.4 is 5.73 Å². The summed E-state index contributed by atoms with van der Waals surface area (Å²) in [4.78, 5) is 4.55. The van der Waals surface area contributed by atoms with Crippen LogP contribution in [0, 0.1) is 0 Å². The van der Waals surface area contributed by atoms with Crippen LogP contribution >= 0.6 is 0 Å². The number of pyridine rings is 1. The molecule has 3 rings (SSSR count). The van der Waals surface area contributed by atoms with E-state index in [4.69, 9.17) is 5.73 Å². The molecule has 0 aromatic carbocycles. The Balaban J connectivity index is 1.97. The summed E-state index contributed by atoms with van der Waals surface area (Å²) in [6, 6.07) is 6.16. The number of rotatable bonds is 2. The Morgan fingerprint density at radius 3 is 3.06 bits per heavy atom. The van der Waals surface area contributed by atoms with Crippen LogP contribution in [0.1, 0.15) is 41.8 Å². The fourth-order valence-electron chi connectivity index (χ4n) is 2.91. The zero-order chi connectivity index (χ0) is 12.5. The molecular weight excluding hydrogens is 224 g/mol. The molecule has 0 fully saturated rings. The molecular formula is C14H18N4. The molecule has 2 aromatic heterocycles. The molecule has 0 amide bonds. The number of nitrogens with zero attached hydrogens (tertiary/aromatic N) is 3. The van der Waals surface area contributed by atoms with Gasteiger partial charge in [-0.2, -0.15) is 5.10 Å². The van der Waals surface area contributed by atoms with Crippen molar-refractivity contribution in [2.75, 3.05) is 0 Å². The minimum atomic E-state index is -0.0218. The third-order valence-corrected chi connectivity index (χ3v) is 3.87. The molecule has 2 aromatic rings. The predicted molar refractivity (Wildman–Crippen MR) is 70.1 cm³/mol. The van der Waals surface area contributed by atoms with Crippen molar-refractivity contribution in [3.63, 3.8) is 0 Å². The highest BCUT2D eigenvalue weighted by Crippen LogP contribution is 2.37. The van der Waals surface area contributed by atoms with Crippen molar-refractivity contribution in [1.82, 2.24) is 14.8 Å². The van der Waals surface area contributed by atoms with Gasteiger partial charge in [0, 0.05) is 31.1 Å². The van der Waals surface area contributed by atoms with Crippen LogP contribution in [-0.2, 0) is 13.5 Å². The molecule has 0 radical (unpaired) electrons. The van der Waals surface area contributed by atoms with E-state index in [-0.39, 0.29) is 6.04 Å². The standard InChI is InChI=1S/C14H18N4/c1-18-12(7-9-17-18)13(15)11-6-2-4-10-5-3-8-16-14(10)11/h3,5,7-9,11,13H,2,4,6,15H2,1H3. The Kier molecular flexibility index (Phi) is 2.88. The van der Waals surface area contributed by atoms with Gasteiger partial charge in [-0.3, -0.25) is 9.67 Å². The number of hydrogen-bond donors (Lipinski definition) is 1. The maximum absolute atomic E-state index is 6.43. The Morgan fingerprint density at radius 2 is 2.28 bits per heavy atom. The van der Waals surface area contributed by atoms with E-state index in [0.29, 0.717) is 5.92 Å². The van der Waals surface area contributed by atoms with Crippen LogP contribution in [0.2, 0.25) is 0 Å². The molecule has 0 saturated carbocycles. The Morgan fingerprint density at radius 1 is 1.39 bits per heavy atom. The van der Waals surface area contributed by atoms with E-state index in [9.17, 15) is 0 Å². The van der Waals surface area contributed by atoms with Crippen molar-refractivity contribution in [3.05, 3.63) is 47.5 Å². The molecule has 0 bridgehead atoms. The first kappa shape index (κ1) is 11.4. The molecule has 0 spiro atoms. The third-order valence-electron chi connectivity index (χ3n) is 3.87. The molecule has 94 valence electrons. The molecule has 2 atom stereocenters. The summed E-state index contributed by atoms with van der Waals surface area (Å²) in [5, 5.41) is 4.20. The Labute approximate surface area is 107 Å². The lowest BCUT2D eigenvalue weighted by molar-refractivity contribution is 0.443. The summed E-state index contributed by atoms with van der Waals surface area (Å²) in [7, 11) is 1.94. The topological polar surface area (TPSA) is 56.7 Å². The van der Waals surface area contributed by atoms with Gasteiger partial charge in [-0.05, 0) is 37.0 Å². The zero-order valence-corrected chi connectivity index (χ0v) is 10.6. The highest BCUT2D eigenvalue weighted by molar-refractivity contribution is 5.29. The van der Waals surface area contributed by atoms with Gasteiger partial charge in [0.2, 0.25) is 0 Å². The second kappa shape index (κ2) is 4.53. The van der Waals surface area contributed by atoms with Gasteiger partial charge >= 0.3 is 0 Å². The fraction of sp³-hybridized carbons (Fsp3) is 0.429. The summed E-state index contributed by atoms with van der Waals surface area (Å²) in [6.45, 7) is 0.